The second-order valence-electron chi connectivity index (χ2n) is 19.8. The van der Waals surface area contributed by atoms with Crippen molar-refractivity contribution in [3.63, 3.8) is 0 Å². The van der Waals surface area contributed by atoms with E-state index in [2.05, 4.69) is 0 Å². The molecule has 0 spiro atoms. The van der Waals surface area contributed by atoms with Gasteiger partial charge in [0, 0.05) is 51.7 Å². The Bertz CT molecular complexity index is 4100. The van der Waals surface area contributed by atoms with Crippen molar-refractivity contribution in [2.75, 3.05) is 0 Å². The largest absolute Gasteiger partial charge is 0.507 e. The number of hydrogen-bond acceptors (Lipinski definition) is 3. The van der Waals surface area contributed by atoms with E-state index in [-0.39, 0.29) is 28.4 Å². The van der Waals surface area contributed by atoms with E-state index >= 15 is 0 Å². The number of nitrogens with zero attached hydrogens (tertiary/aromatic N) is 3. The fraction of sp³-hybridized carbons (Fsp3) is 0.262. The summed E-state index contributed by atoms with van der Waals surface area (Å²) in [5.74, 6) is -2.14. The monoisotopic (exact) mass is 927 g/mol. The van der Waals surface area contributed by atoms with Crippen LogP contribution in [-0.4, -0.2) is 19.6 Å². The molecule has 4 heteroatoms. The molecule has 9 aromatic rings. The highest BCUT2D eigenvalue weighted by molar-refractivity contribution is 5.97. The zero-order valence-electron chi connectivity index (χ0n) is 60.4. The summed E-state index contributed by atoms with van der Waals surface area (Å²) in [5.41, 5.74) is -5.65. The Labute approximate surface area is 440 Å². The van der Waals surface area contributed by atoms with Crippen LogP contribution in [0.1, 0.15) is 139 Å². The third-order valence-electron chi connectivity index (χ3n) is 12.6. The number of aromatic nitrogens is 3. The summed E-state index contributed by atoms with van der Waals surface area (Å²) in [6.07, 6.45) is 1.68. The van der Waals surface area contributed by atoms with E-state index in [4.69, 9.17) is 34.6 Å². The molecule has 2 heterocycles. The summed E-state index contributed by atoms with van der Waals surface area (Å²) in [4.78, 5) is 9.91. The molecule has 0 radical (unpaired) electrons. The van der Waals surface area contributed by atoms with Crippen LogP contribution in [0, 0.1) is 6.85 Å². The van der Waals surface area contributed by atoms with Crippen molar-refractivity contribution in [3.05, 3.63) is 192 Å². The van der Waals surface area contributed by atoms with Crippen molar-refractivity contribution in [3.8, 4) is 78.6 Å². The van der Waals surface area contributed by atoms with Crippen molar-refractivity contribution < 1.29 is 33.9 Å². The lowest BCUT2D eigenvalue weighted by Crippen LogP contribution is -2.17. The number of hydrogen-bond donors (Lipinski definition) is 1. The fourth-order valence-corrected chi connectivity index (χ4v) is 9.06. The number of para-hydroxylation sites is 1. The molecule has 4 nitrogen and oxygen atoms in total. The van der Waals surface area contributed by atoms with Crippen LogP contribution in [0.3, 0.4) is 0 Å². The fourth-order valence-electron chi connectivity index (χ4n) is 9.06. The zero-order chi connectivity index (χ0) is 66.7. The first-order valence-electron chi connectivity index (χ1n) is 33.2. The molecule has 0 aliphatic heterocycles. The van der Waals surface area contributed by atoms with Crippen molar-refractivity contribution in [2.24, 2.45) is 0 Å². The van der Waals surface area contributed by atoms with E-state index < -0.39 is 97.9 Å². The maximum atomic E-state index is 13.2. The molecule has 2 aromatic heterocycles. The lowest BCUT2D eigenvalue weighted by atomic mass is 9.78. The first kappa shape index (κ1) is 27.8. The number of imidazole rings is 1. The SMILES string of the molecule is [2H]C([2H])([2H])c1cc(-c2c(-c3ccccc3)cccc2C(C)(C)C)ccc1-n1c(-c2cc(C(C([2H])([2H])[2H])(C([2H])([2H])[2H])C([2H])([2H])[2H])cc(C(C([2H])([2H])[2H])(C([2H])([2H])[2H])C([2H])([2H])[2H])c2O)nc2c(-c3cc(-c4cc(-c5ccccc5)ccn4)cc(C(C)(C)C)c3)cccc21. The van der Waals surface area contributed by atoms with Gasteiger partial charge in [-0.2, -0.15) is 0 Å². The molecule has 0 unspecified atom stereocenters. The van der Waals surface area contributed by atoms with E-state index in [1.54, 1.807) is 24.4 Å². The quantitative estimate of drug-likeness (QED) is 0.173. The summed E-state index contributed by atoms with van der Waals surface area (Å²) in [6, 6.07) is 44.7. The first-order chi connectivity index (χ1) is 41.3. The van der Waals surface area contributed by atoms with Crippen LogP contribution in [0.4, 0.5) is 0 Å². The van der Waals surface area contributed by atoms with Crippen molar-refractivity contribution in [1.82, 2.24) is 14.5 Å². The zero-order valence-corrected chi connectivity index (χ0v) is 39.4. The van der Waals surface area contributed by atoms with Crippen LogP contribution >= 0.6 is 0 Å². The average molecular weight is 927 g/mol. The molecule has 0 amide bonds. The minimum absolute atomic E-state index is 0.00863. The van der Waals surface area contributed by atoms with E-state index in [1.807, 2.05) is 151 Å². The highest BCUT2D eigenvalue weighted by Gasteiger charge is 2.30. The molecule has 0 atom stereocenters. The molecule has 0 saturated heterocycles. The molecule has 0 bridgehead atoms. The van der Waals surface area contributed by atoms with Gasteiger partial charge in [0.15, 0.2) is 0 Å². The minimum Gasteiger partial charge on any atom is -0.507 e. The Morgan fingerprint density at radius 1 is 0.478 bits per heavy atom. The first-order valence-corrected chi connectivity index (χ1v) is 22.7. The summed E-state index contributed by atoms with van der Waals surface area (Å²) >= 11 is 0. The molecule has 0 aliphatic rings. The number of pyridine rings is 1. The summed E-state index contributed by atoms with van der Waals surface area (Å²) in [5, 5.41) is 13.2. The molecular formula is C65H67N3O. The molecule has 7 aromatic carbocycles. The number of rotatable bonds is 7. The minimum atomic E-state index is -4.24. The van der Waals surface area contributed by atoms with Crippen LogP contribution < -0.4 is 0 Å². The Morgan fingerprint density at radius 3 is 1.83 bits per heavy atom. The van der Waals surface area contributed by atoms with E-state index in [9.17, 15) is 9.22 Å². The molecule has 348 valence electrons. The Morgan fingerprint density at radius 2 is 1.14 bits per heavy atom. The van der Waals surface area contributed by atoms with Gasteiger partial charge in [0.05, 0.1) is 28.0 Å². The molecular weight excluding hydrogens is 839 g/mol. The van der Waals surface area contributed by atoms with Crippen LogP contribution in [0.25, 0.3) is 83.9 Å². The highest BCUT2D eigenvalue weighted by Crippen LogP contribution is 2.47. The standard InChI is InChI=1S/C65H67N3O/c1-41-34-45(58-50(43-24-18-15-19-25-43)26-20-28-53(58)64(8,9)10)30-31-56(41)68-57-29-21-27-51(59(57)67-61(68)52-39-49(63(5,6)7)40-54(60(52)69)65(11,12)13)46-35-47(37-48(36-46)62(2,3)4)55-38-44(32-33-66-55)42-22-16-14-17-23-42/h14-40,69H,1-13H3/i1D3,5D3,6D3,7D3,11D3,12D3,13D3. The van der Waals surface area contributed by atoms with Gasteiger partial charge in [-0.1, -0.05) is 192 Å². The normalized spacial score (nSPS) is 18.3. The summed E-state index contributed by atoms with van der Waals surface area (Å²) in [6.45, 7) is -16.1. The van der Waals surface area contributed by atoms with Gasteiger partial charge < -0.3 is 5.11 Å². The molecule has 1 N–H and O–H groups in total. The van der Waals surface area contributed by atoms with E-state index in [0.29, 0.717) is 39.6 Å². The molecule has 69 heavy (non-hydrogen) atoms. The molecule has 0 aliphatic carbocycles. The number of aryl methyl sites for hydroxylation is 1. The Hall–Kier alpha value is -7.04. The van der Waals surface area contributed by atoms with Crippen LogP contribution in [-0.2, 0) is 21.7 Å². The maximum Gasteiger partial charge on any atom is 0.149 e. The van der Waals surface area contributed by atoms with Crippen LogP contribution in [0.5, 0.6) is 5.75 Å². The summed E-state index contributed by atoms with van der Waals surface area (Å²) < 4.78 is 188. The van der Waals surface area contributed by atoms with Gasteiger partial charge in [0.1, 0.15) is 11.6 Å². The lowest BCUT2D eigenvalue weighted by Gasteiger charge is -2.28. The number of fused-ring (bicyclic) bond motifs is 1. The predicted molar refractivity (Wildman–Crippen MR) is 293 cm³/mol. The molecule has 9 rings (SSSR count). The van der Waals surface area contributed by atoms with Crippen molar-refractivity contribution >= 4 is 11.0 Å². The van der Waals surface area contributed by atoms with Gasteiger partial charge >= 0.3 is 0 Å². The smallest absolute Gasteiger partial charge is 0.149 e. The number of aromatic hydroxyl groups is 1. The average Bonchev–Trinajstić information content (AvgIpc) is 0.792. The second kappa shape index (κ2) is 17.5. The molecule has 0 saturated carbocycles. The highest BCUT2D eigenvalue weighted by atomic mass is 16.3. The topological polar surface area (TPSA) is 50.9 Å². The van der Waals surface area contributed by atoms with Crippen LogP contribution in [0.15, 0.2) is 164 Å². The van der Waals surface area contributed by atoms with Crippen LogP contribution in [0.2, 0.25) is 0 Å². The van der Waals surface area contributed by atoms with Gasteiger partial charge in [-0.3, -0.25) is 9.55 Å². The maximum absolute atomic E-state index is 13.2. The number of benzene rings is 7. The van der Waals surface area contributed by atoms with Gasteiger partial charge in [0.2, 0.25) is 0 Å². The number of phenolic OH excluding ortho intramolecular Hbond substituents is 1. The molecule has 0 fully saturated rings. The van der Waals surface area contributed by atoms with E-state index in [0.717, 1.165) is 33.4 Å². The summed E-state index contributed by atoms with van der Waals surface area (Å²) in [7, 11) is 0. The van der Waals surface area contributed by atoms with Gasteiger partial charge in [-0.05, 0) is 138 Å². The Kier molecular flexibility index (Phi) is 7.05. The number of phenols is 1. The Balaban J connectivity index is 1.52. The van der Waals surface area contributed by atoms with Crippen molar-refractivity contribution in [2.45, 2.75) is 111 Å². The second-order valence-corrected chi connectivity index (χ2v) is 19.8. The third-order valence-corrected chi connectivity index (χ3v) is 12.6. The van der Waals surface area contributed by atoms with Crippen molar-refractivity contribution in [1.29, 1.82) is 0 Å². The third kappa shape index (κ3) is 9.18. The van der Waals surface area contributed by atoms with E-state index in [1.165, 1.54) is 22.8 Å². The predicted octanol–water partition coefficient (Wildman–Crippen LogP) is 17.6. The van der Waals surface area contributed by atoms with Gasteiger partial charge in [-0.15, -0.1) is 0 Å². The van der Waals surface area contributed by atoms with Gasteiger partial charge in [-0.25, -0.2) is 4.98 Å². The van der Waals surface area contributed by atoms with Gasteiger partial charge in [0.25, 0.3) is 0 Å². The lowest BCUT2D eigenvalue weighted by molar-refractivity contribution is 0.446.